The molecule has 1 aromatic carbocycles. The van der Waals surface area contributed by atoms with Gasteiger partial charge in [0.1, 0.15) is 0 Å². The van der Waals surface area contributed by atoms with Crippen LogP contribution in [0.2, 0.25) is 0 Å². The van der Waals surface area contributed by atoms with Gasteiger partial charge in [-0.3, -0.25) is 4.90 Å². The molecule has 2 bridgehead atoms. The summed E-state index contributed by atoms with van der Waals surface area (Å²) in [5, 5.41) is 3.55. The first-order chi connectivity index (χ1) is 9.13. The molecule has 0 aliphatic carbocycles. The fourth-order valence-electron chi connectivity index (χ4n) is 3.84. The molecule has 3 aliphatic rings. The second-order valence-corrected chi connectivity index (χ2v) is 6.27. The number of likely N-dealkylation sites (N-methyl/N-ethyl adjacent to an activating group) is 1. The number of nitrogens with zero attached hydrogens (tertiary/aromatic N) is 3. The van der Waals surface area contributed by atoms with E-state index in [0.717, 1.165) is 6.04 Å². The third-order valence-corrected chi connectivity index (χ3v) is 5.15. The topological polar surface area (TPSA) is 21.8 Å². The van der Waals surface area contributed by atoms with Crippen LogP contribution in [0, 0.1) is 0 Å². The smallest absolute Gasteiger partial charge is 0.0959 e. The Hall–Kier alpha value is -1.42. The summed E-state index contributed by atoms with van der Waals surface area (Å²) in [6.45, 7) is 4.60. The summed E-state index contributed by atoms with van der Waals surface area (Å²) in [5.41, 5.74) is 3.98. The maximum atomic E-state index is 3.55. The maximum absolute atomic E-state index is 3.55. The van der Waals surface area contributed by atoms with Gasteiger partial charge in [0.05, 0.1) is 17.5 Å². The summed E-state index contributed by atoms with van der Waals surface area (Å²) in [6.07, 6.45) is 1.73. The zero-order valence-corrected chi connectivity index (χ0v) is 11.9. The molecule has 0 spiro atoms. The molecule has 4 heteroatoms. The van der Waals surface area contributed by atoms with Gasteiger partial charge in [-0.25, -0.2) is 0 Å². The molecular weight excluding hydrogens is 236 g/mol. The van der Waals surface area contributed by atoms with Crippen molar-refractivity contribution in [2.75, 3.05) is 42.3 Å². The number of hydrogen-bond donors (Lipinski definition) is 1. The van der Waals surface area contributed by atoms with E-state index in [9.17, 15) is 0 Å². The molecule has 102 valence electrons. The minimum atomic E-state index is 0.395. The van der Waals surface area contributed by atoms with E-state index in [1.54, 1.807) is 0 Å². The van der Waals surface area contributed by atoms with Crippen molar-refractivity contribution in [3.05, 3.63) is 18.2 Å². The molecule has 2 saturated heterocycles. The molecular formula is C15H22N4. The molecule has 1 N–H and O–H groups in total. The van der Waals surface area contributed by atoms with E-state index < -0.39 is 0 Å². The summed E-state index contributed by atoms with van der Waals surface area (Å²) >= 11 is 0. The van der Waals surface area contributed by atoms with Crippen LogP contribution in [0.1, 0.15) is 13.3 Å². The van der Waals surface area contributed by atoms with Crippen LogP contribution in [0.3, 0.4) is 0 Å². The lowest BCUT2D eigenvalue weighted by atomic mass is 10.2. The van der Waals surface area contributed by atoms with Crippen molar-refractivity contribution >= 4 is 17.1 Å². The molecule has 3 aliphatic heterocycles. The number of piperazine rings is 1. The highest BCUT2D eigenvalue weighted by molar-refractivity contribution is 5.79. The molecule has 19 heavy (non-hydrogen) atoms. The van der Waals surface area contributed by atoms with Gasteiger partial charge in [0.15, 0.2) is 0 Å². The number of rotatable bonds is 1. The van der Waals surface area contributed by atoms with Crippen molar-refractivity contribution in [2.24, 2.45) is 0 Å². The van der Waals surface area contributed by atoms with E-state index in [2.05, 4.69) is 59.2 Å². The first-order valence-electron chi connectivity index (χ1n) is 7.24. The van der Waals surface area contributed by atoms with Crippen molar-refractivity contribution in [2.45, 2.75) is 31.6 Å². The van der Waals surface area contributed by atoms with Gasteiger partial charge in [0, 0.05) is 37.9 Å². The number of fused-ring (bicyclic) bond motifs is 3. The summed E-state index contributed by atoms with van der Waals surface area (Å²) in [4.78, 5) is 7.39. The van der Waals surface area contributed by atoms with E-state index in [1.807, 2.05) is 0 Å². The number of hydrogen-bond acceptors (Lipinski definition) is 4. The molecule has 3 atom stereocenters. The average Bonchev–Trinajstić information content (AvgIpc) is 3.03. The highest BCUT2D eigenvalue weighted by Crippen LogP contribution is 2.39. The van der Waals surface area contributed by atoms with Gasteiger partial charge in [-0.15, -0.1) is 0 Å². The zero-order chi connectivity index (χ0) is 13.1. The van der Waals surface area contributed by atoms with Gasteiger partial charge in [0.2, 0.25) is 0 Å². The van der Waals surface area contributed by atoms with Gasteiger partial charge >= 0.3 is 0 Å². The Morgan fingerprint density at radius 1 is 1.16 bits per heavy atom. The van der Waals surface area contributed by atoms with Crippen LogP contribution >= 0.6 is 0 Å². The van der Waals surface area contributed by atoms with Crippen LogP contribution in [0.4, 0.5) is 17.1 Å². The molecule has 1 aromatic rings. The summed E-state index contributed by atoms with van der Waals surface area (Å²) in [6, 6.07) is 8.35. The van der Waals surface area contributed by atoms with Gasteiger partial charge < -0.3 is 15.1 Å². The van der Waals surface area contributed by atoms with Crippen LogP contribution in [-0.4, -0.2) is 50.3 Å². The maximum Gasteiger partial charge on any atom is 0.0959 e. The summed E-state index contributed by atoms with van der Waals surface area (Å²) < 4.78 is 0. The normalized spacial score (nSPS) is 32.9. The summed E-state index contributed by atoms with van der Waals surface area (Å²) in [7, 11) is 4.40. The lowest BCUT2D eigenvalue weighted by Gasteiger charge is -2.33. The van der Waals surface area contributed by atoms with Crippen molar-refractivity contribution in [3.8, 4) is 0 Å². The first kappa shape index (κ1) is 11.4. The van der Waals surface area contributed by atoms with Crippen LogP contribution in [0.15, 0.2) is 18.2 Å². The SMILES string of the molecule is CC1Nc2cc(N3CC4CC3CN4C)ccc2N1C. The predicted molar refractivity (Wildman–Crippen MR) is 80.1 cm³/mol. The van der Waals surface area contributed by atoms with Crippen molar-refractivity contribution < 1.29 is 0 Å². The Labute approximate surface area is 115 Å². The third kappa shape index (κ3) is 1.56. The first-order valence-corrected chi connectivity index (χ1v) is 7.24. The van der Waals surface area contributed by atoms with E-state index in [0.29, 0.717) is 12.2 Å². The van der Waals surface area contributed by atoms with Gasteiger partial charge in [-0.05, 0) is 38.6 Å². The quantitative estimate of drug-likeness (QED) is 0.829. The molecule has 0 amide bonds. The van der Waals surface area contributed by atoms with E-state index in [4.69, 9.17) is 0 Å². The van der Waals surface area contributed by atoms with Crippen LogP contribution in [-0.2, 0) is 0 Å². The summed E-state index contributed by atoms with van der Waals surface area (Å²) in [5.74, 6) is 0. The van der Waals surface area contributed by atoms with Gasteiger partial charge in [-0.2, -0.15) is 0 Å². The standard InChI is InChI=1S/C15H22N4/c1-10-16-14-7-11(4-5-15(14)18(10)3)19-9-12-6-13(19)8-17(12)2/h4-5,7,10,12-13,16H,6,8-9H2,1-3H3. The molecule has 3 heterocycles. The van der Waals surface area contributed by atoms with E-state index in [-0.39, 0.29) is 0 Å². The number of likely N-dealkylation sites (tertiary alicyclic amines) is 1. The fraction of sp³-hybridized carbons (Fsp3) is 0.600. The molecule has 3 unspecified atom stereocenters. The fourth-order valence-corrected chi connectivity index (χ4v) is 3.84. The Morgan fingerprint density at radius 3 is 2.68 bits per heavy atom. The van der Waals surface area contributed by atoms with E-state index >= 15 is 0 Å². The van der Waals surface area contributed by atoms with E-state index in [1.165, 1.54) is 36.6 Å². The molecule has 0 radical (unpaired) electrons. The molecule has 2 fully saturated rings. The second-order valence-electron chi connectivity index (χ2n) is 6.27. The zero-order valence-electron chi connectivity index (χ0n) is 11.9. The van der Waals surface area contributed by atoms with Gasteiger partial charge in [0.25, 0.3) is 0 Å². The molecule has 4 nitrogen and oxygen atoms in total. The van der Waals surface area contributed by atoms with Crippen LogP contribution in [0.25, 0.3) is 0 Å². The highest BCUT2D eigenvalue weighted by atomic mass is 15.3. The second kappa shape index (κ2) is 3.79. The average molecular weight is 258 g/mol. The Bertz CT molecular complexity index is 513. The van der Waals surface area contributed by atoms with Crippen molar-refractivity contribution in [1.82, 2.24) is 4.90 Å². The lowest BCUT2D eigenvalue weighted by molar-refractivity contribution is 0.292. The van der Waals surface area contributed by atoms with Crippen LogP contribution in [0.5, 0.6) is 0 Å². The number of nitrogens with one attached hydrogen (secondary N) is 1. The van der Waals surface area contributed by atoms with Gasteiger partial charge in [-0.1, -0.05) is 0 Å². The molecule has 4 rings (SSSR count). The van der Waals surface area contributed by atoms with Crippen molar-refractivity contribution in [3.63, 3.8) is 0 Å². The molecule has 0 aromatic heterocycles. The lowest BCUT2D eigenvalue weighted by Crippen LogP contribution is -2.44. The number of anilines is 3. The molecule has 0 saturated carbocycles. The highest BCUT2D eigenvalue weighted by Gasteiger charge is 2.41. The minimum absolute atomic E-state index is 0.395. The largest absolute Gasteiger partial charge is 0.366 e. The monoisotopic (exact) mass is 258 g/mol. The van der Waals surface area contributed by atoms with Crippen LogP contribution < -0.4 is 15.1 Å². The predicted octanol–water partition coefficient (Wildman–Crippen LogP) is 1.79. The third-order valence-electron chi connectivity index (χ3n) is 5.15. The Balaban J connectivity index is 1.63. The van der Waals surface area contributed by atoms with Crippen molar-refractivity contribution in [1.29, 1.82) is 0 Å². The number of benzene rings is 1. The Morgan fingerprint density at radius 2 is 2.00 bits per heavy atom. The minimum Gasteiger partial charge on any atom is -0.366 e. The Kier molecular flexibility index (Phi) is 2.28.